The maximum Gasteiger partial charge on any atom is 0.210 e. The third-order valence-electron chi connectivity index (χ3n) is 4.32. The minimum Gasteiger partial charge on any atom is -0.385 e. The zero-order valence-electron chi connectivity index (χ0n) is 14.2. The lowest BCUT2D eigenvalue weighted by Crippen LogP contribution is -2.42. The van der Waals surface area contributed by atoms with E-state index < -0.39 is 5.60 Å². The van der Waals surface area contributed by atoms with E-state index in [1.165, 1.54) is 0 Å². The normalized spacial score (nSPS) is 18.1. The molecule has 0 radical (unpaired) electrons. The first-order chi connectivity index (χ1) is 11.5. The summed E-state index contributed by atoms with van der Waals surface area (Å²) in [4.78, 5) is 13.1. The second-order valence-electron chi connectivity index (χ2n) is 6.50. The molecular weight excluding hydrogens is 320 g/mol. The van der Waals surface area contributed by atoms with Crippen LogP contribution in [0.3, 0.4) is 0 Å². The lowest BCUT2D eigenvalue weighted by molar-refractivity contribution is -0.0279. The number of benzene rings is 1. The number of hydrogen-bond donors (Lipinski definition) is 1. The van der Waals surface area contributed by atoms with Gasteiger partial charge in [0.05, 0.1) is 17.6 Å². The Labute approximate surface area is 147 Å². The summed E-state index contributed by atoms with van der Waals surface area (Å²) in [6.45, 7) is 2.57. The van der Waals surface area contributed by atoms with Crippen molar-refractivity contribution in [2.24, 2.45) is 4.99 Å². The molecule has 0 atom stereocenters. The number of aliphatic imine (C=N–C) groups is 1. The van der Waals surface area contributed by atoms with Crippen LogP contribution in [-0.4, -0.2) is 53.4 Å². The van der Waals surface area contributed by atoms with Crippen LogP contribution in [0.1, 0.15) is 24.1 Å². The van der Waals surface area contributed by atoms with Crippen LogP contribution in [0.2, 0.25) is 0 Å². The predicted octanol–water partition coefficient (Wildman–Crippen LogP) is 2.85. The smallest absolute Gasteiger partial charge is 0.210 e. The maximum atomic E-state index is 10.9. The molecule has 0 amide bonds. The van der Waals surface area contributed by atoms with E-state index in [0.29, 0.717) is 0 Å². The van der Waals surface area contributed by atoms with E-state index in [1.807, 2.05) is 49.3 Å². The summed E-state index contributed by atoms with van der Waals surface area (Å²) in [6, 6.07) is 10.0. The van der Waals surface area contributed by atoms with Crippen molar-refractivity contribution in [3.8, 4) is 0 Å². The first-order valence-corrected chi connectivity index (χ1v) is 9.08. The summed E-state index contributed by atoms with van der Waals surface area (Å²) < 4.78 is 0. The van der Waals surface area contributed by atoms with Crippen molar-refractivity contribution in [3.05, 3.63) is 47.0 Å². The quantitative estimate of drug-likeness (QED) is 0.669. The Morgan fingerprint density at radius 2 is 2.00 bits per heavy atom. The monoisotopic (exact) mass is 344 g/mol. The van der Waals surface area contributed by atoms with Gasteiger partial charge in [-0.15, -0.1) is 11.3 Å². The summed E-state index contributed by atoms with van der Waals surface area (Å²) in [6.07, 6.45) is 3.28. The zero-order chi connectivity index (χ0) is 17.0. The standard InChI is InChI=1S/C18H24N4OS/c1-21(2)14-19-17-20-16(13-24-17)12-22-10-8-18(23,9-11-22)15-6-4-3-5-7-15/h3-7,13-14,23H,8-12H2,1-2H3. The average Bonchev–Trinajstić information content (AvgIpc) is 3.04. The molecule has 1 fully saturated rings. The highest BCUT2D eigenvalue weighted by atomic mass is 32.1. The first kappa shape index (κ1) is 17.1. The van der Waals surface area contributed by atoms with Crippen molar-refractivity contribution in [1.29, 1.82) is 0 Å². The molecule has 1 aromatic carbocycles. The number of hydrogen-bond acceptors (Lipinski definition) is 5. The average molecular weight is 344 g/mol. The molecule has 128 valence electrons. The highest BCUT2D eigenvalue weighted by molar-refractivity contribution is 7.13. The van der Waals surface area contributed by atoms with E-state index in [0.717, 1.165) is 48.9 Å². The van der Waals surface area contributed by atoms with Crippen LogP contribution in [0.4, 0.5) is 5.13 Å². The fourth-order valence-corrected chi connectivity index (χ4v) is 3.59. The van der Waals surface area contributed by atoms with Crippen molar-refractivity contribution >= 4 is 22.8 Å². The van der Waals surface area contributed by atoms with Gasteiger partial charge in [-0.2, -0.15) is 0 Å². The van der Waals surface area contributed by atoms with Crippen LogP contribution in [0.15, 0.2) is 40.7 Å². The number of aromatic nitrogens is 1. The van der Waals surface area contributed by atoms with Crippen LogP contribution in [0.25, 0.3) is 0 Å². The first-order valence-electron chi connectivity index (χ1n) is 8.20. The summed E-state index contributed by atoms with van der Waals surface area (Å²) in [5.41, 5.74) is 1.38. The number of piperidine rings is 1. The van der Waals surface area contributed by atoms with Crippen LogP contribution >= 0.6 is 11.3 Å². The summed E-state index contributed by atoms with van der Waals surface area (Å²) in [7, 11) is 3.89. The molecule has 0 aliphatic carbocycles. The van der Waals surface area contributed by atoms with Gasteiger partial charge in [0, 0.05) is 39.1 Å². The molecule has 2 heterocycles. The van der Waals surface area contributed by atoms with E-state index in [9.17, 15) is 5.11 Å². The maximum absolute atomic E-state index is 10.9. The topological polar surface area (TPSA) is 52.0 Å². The van der Waals surface area contributed by atoms with Crippen molar-refractivity contribution in [2.75, 3.05) is 27.2 Å². The number of aliphatic hydroxyl groups is 1. The third kappa shape index (κ3) is 4.20. The number of thiazole rings is 1. The van der Waals surface area contributed by atoms with E-state index in [1.54, 1.807) is 17.7 Å². The van der Waals surface area contributed by atoms with Gasteiger partial charge in [-0.3, -0.25) is 4.90 Å². The zero-order valence-corrected chi connectivity index (χ0v) is 15.0. The van der Waals surface area contributed by atoms with Crippen molar-refractivity contribution < 1.29 is 5.11 Å². The lowest BCUT2D eigenvalue weighted by atomic mass is 9.84. The largest absolute Gasteiger partial charge is 0.385 e. The van der Waals surface area contributed by atoms with Gasteiger partial charge in [0.15, 0.2) is 0 Å². The molecule has 1 N–H and O–H groups in total. The molecule has 1 aliphatic rings. The molecule has 5 nitrogen and oxygen atoms in total. The van der Waals surface area contributed by atoms with Crippen LogP contribution in [0, 0.1) is 0 Å². The highest BCUT2D eigenvalue weighted by Crippen LogP contribution is 2.33. The molecule has 0 spiro atoms. The van der Waals surface area contributed by atoms with Crippen LogP contribution < -0.4 is 0 Å². The van der Waals surface area contributed by atoms with E-state index >= 15 is 0 Å². The lowest BCUT2D eigenvalue weighted by Gasteiger charge is -2.38. The predicted molar refractivity (Wildman–Crippen MR) is 98.8 cm³/mol. The molecule has 1 aromatic heterocycles. The Hall–Kier alpha value is -1.76. The summed E-state index contributed by atoms with van der Waals surface area (Å²) in [5.74, 6) is 0. The molecule has 6 heteroatoms. The summed E-state index contributed by atoms with van der Waals surface area (Å²) >= 11 is 1.57. The van der Waals surface area contributed by atoms with E-state index in [2.05, 4.69) is 20.3 Å². The van der Waals surface area contributed by atoms with Gasteiger partial charge >= 0.3 is 0 Å². The van der Waals surface area contributed by atoms with Gasteiger partial charge in [0.1, 0.15) is 0 Å². The Morgan fingerprint density at radius 3 is 2.67 bits per heavy atom. The Morgan fingerprint density at radius 1 is 1.29 bits per heavy atom. The van der Waals surface area contributed by atoms with Gasteiger partial charge in [-0.1, -0.05) is 30.3 Å². The highest BCUT2D eigenvalue weighted by Gasteiger charge is 2.33. The molecule has 0 saturated carbocycles. The van der Waals surface area contributed by atoms with Gasteiger partial charge < -0.3 is 10.0 Å². The molecule has 24 heavy (non-hydrogen) atoms. The molecular formula is C18H24N4OS. The fraction of sp³-hybridized carbons (Fsp3) is 0.444. The van der Waals surface area contributed by atoms with E-state index in [4.69, 9.17) is 0 Å². The van der Waals surface area contributed by atoms with E-state index in [-0.39, 0.29) is 0 Å². The number of nitrogens with zero attached hydrogens (tertiary/aromatic N) is 4. The summed E-state index contributed by atoms with van der Waals surface area (Å²) in [5, 5.41) is 13.7. The molecule has 3 rings (SSSR count). The van der Waals surface area contributed by atoms with Gasteiger partial charge in [0.2, 0.25) is 5.13 Å². The molecule has 0 bridgehead atoms. The number of likely N-dealkylation sites (tertiary alicyclic amines) is 1. The van der Waals surface area contributed by atoms with Gasteiger partial charge in [-0.05, 0) is 18.4 Å². The van der Waals surface area contributed by atoms with Crippen molar-refractivity contribution in [2.45, 2.75) is 25.0 Å². The molecule has 2 aromatic rings. The minimum atomic E-state index is -0.693. The van der Waals surface area contributed by atoms with Gasteiger partial charge in [-0.25, -0.2) is 9.98 Å². The second-order valence-corrected chi connectivity index (χ2v) is 7.34. The fourth-order valence-electron chi connectivity index (χ4n) is 2.94. The molecule has 0 unspecified atom stereocenters. The molecule has 1 saturated heterocycles. The van der Waals surface area contributed by atoms with Crippen LogP contribution in [-0.2, 0) is 12.1 Å². The Bertz CT molecular complexity index is 675. The Balaban J connectivity index is 1.56. The molecule has 1 aliphatic heterocycles. The Kier molecular flexibility index (Phi) is 5.28. The second kappa shape index (κ2) is 7.42. The van der Waals surface area contributed by atoms with Gasteiger partial charge in [0.25, 0.3) is 0 Å². The SMILES string of the molecule is CN(C)C=Nc1nc(CN2CCC(O)(c3ccccc3)CC2)cs1. The van der Waals surface area contributed by atoms with Crippen LogP contribution in [0.5, 0.6) is 0 Å². The minimum absolute atomic E-state index is 0.693. The van der Waals surface area contributed by atoms with Crippen molar-refractivity contribution in [3.63, 3.8) is 0 Å². The van der Waals surface area contributed by atoms with Crippen molar-refractivity contribution in [1.82, 2.24) is 14.8 Å². The third-order valence-corrected chi connectivity index (χ3v) is 5.12. The number of rotatable bonds is 5.